The number of carbonyl (C=O) groups excluding carboxylic acids is 1. The summed E-state index contributed by atoms with van der Waals surface area (Å²) in [5, 5.41) is 9.37. The van der Waals surface area contributed by atoms with Crippen LogP contribution in [-0.4, -0.2) is 17.6 Å². The molecule has 4 rings (SSSR count). The first-order valence-corrected chi connectivity index (χ1v) is 7.92. The lowest BCUT2D eigenvalue weighted by Gasteiger charge is -2.29. The molecule has 1 amide bonds. The molecule has 0 bridgehead atoms. The number of carbonyl (C=O) groups is 1. The van der Waals surface area contributed by atoms with Crippen LogP contribution in [0, 0.1) is 5.92 Å². The molecule has 0 saturated heterocycles. The Labute approximate surface area is 130 Å². The first kappa shape index (κ1) is 13.4. The fraction of sp³-hybridized carbons (Fsp3) is 0.316. The standard InChI is InChI=1S/C19H19NO2/c21-15-9-7-13(8-10-15)16-12-17(16)19(22)20-11-3-5-14-4-1-2-6-18(14)20/h1-2,4,6-10,16-17,21H,3,5,11-12H2. The lowest BCUT2D eigenvalue weighted by molar-refractivity contribution is -0.120. The SMILES string of the molecule is O=C(C1CC1c1ccc(O)cc1)N1CCCc2ccccc21. The summed E-state index contributed by atoms with van der Waals surface area (Å²) in [6.45, 7) is 0.828. The van der Waals surface area contributed by atoms with Gasteiger partial charge in [-0.1, -0.05) is 30.3 Å². The third kappa shape index (κ3) is 2.27. The minimum atomic E-state index is 0.0932. The Morgan fingerprint density at radius 3 is 2.68 bits per heavy atom. The summed E-state index contributed by atoms with van der Waals surface area (Å²) in [4.78, 5) is 14.8. The number of benzene rings is 2. The molecule has 112 valence electrons. The number of phenols is 1. The van der Waals surface area contributed by atoms with Crippen LogP contribution in [0.25, 0.3) is 0 Å². The molecule has 2 aromatic carbocycles. The summed E-state index contributed by atoms with van der Waals surface area (Å²) >= 11 is 0. The Morgan fingerprint density at radius 1 is 1.09 bits per heavy atom. The van der Waals surface area contributed by atoms with Gasteiger partial charge in [-0.15, -0.1) is 0 Å². The number of nitrogens with zero attached hydrogens (tertiary/aromatic N) is 1. The van der Waals surface area contributed by atoms with Gasteiger partial charge in [0.05, 0.1) is 0 Å². The number of hydrogen-bond acceptors (Lipinski definition) is 2. The zero-order valence-corrected chi connectivity index (χ0v) is 12.4. The molecule has 0 radical (unpaired) electrons. The van der Waals surface area contributed by atoms with Gasteiger partial charge in [0.2, 0.25) is 5.91 Å². The van der Waals surface area contributed by atoms with E-state index in [1.807, 2.05) is 29.2 Å². The van der Waals surface area contributed by atoms with Crippen LogP contribution in [0.5, 0.6) is 5.75 Å². The first-order valence-electron chi connectivity index (χ1n) is 7.92. The van der Waals surface area contributed by atoms with Crippen LogP contribution >= 0.6 is 0 Å². The van der Waals surface area contributed by atoms with Crippen LogP contribution in [0.2, 0.25) is 0 Å². The molecule has 2 aromatic rings. The van der Waals surface area contributed by atoms with E-state index in [0.717, 1.165) is 37.1 Å². The van der Waals surface area contributed by atoms with Gasteiger partial charge in [-0.3, -0.25) is 4.79 Å². The van der Waals surface area contributed by atoms with Gasteiger partial charge in [0, 0.05) is 18.2 Å². The Morgan fingerprint density at radius 2 is 1.86 bits per heavy atom. The van der Waals surface area contributed by atoms with E-state index in [0.29, 0.717) is 5.92 Å². The highest BCUT2D eigenvalue weighted by Crippen LogP contribution is 2.49. The second-order valence-electron chi connectivity index (χ2n) is 6.26. The zero-order valence-electron chi connectivity index (χ0n) is 12.4. The number of aryl methyl sites for hydroxylation is 1. The minimum Gasteiger partial charge on any atom is -0.508 e. The summed E-state index contributed by atoms with van der Waals surface area (Å²) in [7, 11) is 0. The number of para-hydroxylation sites is 1. The second-order valence-corrected chi connectivity index (χ2v) is 6.26. The van der Waals surface area contributed by atoms with Crippen molar-refractivity contribution < 1.29 is 9.90 Å². The van der Waals surface area contributed by atoms with Crippen molar-refractivity contribution in [1.82, 2.24) is 0 Å². The molecule has 22 heavy (non-hydrogen) atoms. The number of phenolic OH excluding ortho intramolecular Hbond substituents is 1. The second kappa shape index (κ2) is 5.16. The molecule has 3 heteroatoms. The van der Waals surface area contributed by atoms with Crippen molar-refractivity contribution >= 4 is 11.6 Å². The fourth-order valence-electron chi connectivity index (χ4n) is 3.52. The van der Waals surface area contributed by atoms with Crippen molar-refractivity contribution in [1.29, 1.82) is 0 Å². The number of amides is 1. The van der Waals surface area contributed by atoms with Crippen molar-refractivity contribution in [2.24, 2.45) is 5.92 Å². The Kier molecular flexibility index (Phi) is 3.14. The maximum Gasteiger partial charge on any atom is 0.230 e. The van der Waals surface area contributed by atoms with Gasteiger partial charge >= 0.3 is 0 Å². The molecule has 1 fully saturated rings. The quantitative estimate of drug-likeness (QED) is 0.921. The molecule has 2 atom stereocenters. The van der Waals surface area contributed by atoms with Gasteiger partial charge < -0.3 is 10.0 Å². The molecule has 3 nitrogen and oxygen atoms in total. The summed E-state index contributed by atoms with van der Waals surface area (Å²) in [6.07, 6.45) is 3.02. The van der Waals surface area contributed by atoms with Crippen LogP contribution < -0.4 is 4.90 Å². The van der Waals surface area contributed by atoms with Gasteiger partial charge in [0.25, 0.3) is 0 Å². The highest BCUT2D eigenvalue weighted by molar-refractivity contribution is 5.98. The lowest BCUT2D eigenvalue weighted by Crippen LogP contribution is -2.36. The molecule has 1 aliphatic heterocycles. The van der Waals surface area contributed by atoms with Gasteiger partial charge in [-0.25, -0.2) is 0 Å². The van der Waals surface area contributed by atoms with Crippen LogP contribution in [0.15, 0.2) is 48.5 Å². The van der Waals surface area contributed by atoms with Crippen molar-refractivity contribution in [2.45, 2.75) is 25.2 Å². The van der Waals surface area contributed by atoms with Crippen molar-refractivity contribution in [2.75, 3.05) is 11.4 Å². The van der Waals surface area contributed by atoms with Crippen LogP contribution in [0.1, 0.15) is 29.9 Å². The maximum absolute atomic E-state index is 12.9. The third-order valence-corrected chi connectivity index (χ3v) is 4.81. The third-order valence-electron chi connectivity index (χ3n) is 4.81. The van der Waals surface area contributed by atoms with Crippen molar-refractivity contribution in [3.63, 3.8) is 0 Å². The van der Waals surface area contributed by atoms with E-state index in [-0.39, 0.29) is 17.6 Å². The summed E-state index contributed by atoms with van der Waals surface area (Å²) < 4.78 is 0. The molecule has 1 saturated carbocycles. The summed E-state index contributed by atoms with van der Waals surface area (Å²) in [5.41, 5.74) is 3.53. The largest absolute Gasteiger partial charge is 0.508 e. The maximum atomic E-state index is 12.9. The average molecular weight is 293 g/mol. The predicted octanol–water partition coefficient (Wildman–Crippen LogP) is 3.48. The predicted molar refractivity (Wildman–Crippen MR) is 86.1 cm³/mol. The number of hydrogen-bond donors (Lipinski definition) is 1. The van der Waals surface area contributed by atoms with E-state index in [1.54, 1.807) is 12.1 Å². The minimum absolute atomic E-state index is 0.0932. The van der Waals surface area contributed by atoms with E-state index < -0.39 is 0 Å². The summed E-state index contributed by atoms with van der Waals surface area (Å²) in [5.74, 6) is 0.931. The molecule has 1 N–H and O–H groups in total. The topological polar surface area (TPSA) is 40.5 Å². The summed E-state index contributed by atoms with van der Waals surface area (Å²) in [6, 6.07) is 15.5. The zero-order chi connectivity index (χ0) is 15.1. The highest BCUT2D eigenvalue weighted by Gasteiger charge is 2.46. The number of fused-ring (bicyclic) bond motifs is 1. The first-order chi connectivity index (χ1) is 10.7. The average Bonchev–Trinajstić information content (AvgIpc) is 3.35. The van der Waals surface area contributed by atoms with E-state index in [1.165, 1.54) is 5.56 Å². The van der Waals surface area contributed by atoms with Gasteiger partial charge in [-0.05, 0) is 54.5 Å². The van der Waals surface area contributed by atoms with Crippen LogP contribution in [0.4, 0.5) is 5.69 Å². The molecule has 0 spiro atoms. The van der Waals surface area contributed by atoms with Crippen molar-refractivity contribution in [3.05, 3.63) is 59.7 Å². The number of anilines is 1. The molecular weight excluding hydrogens is 274 g/mol. The molecule has 1 heterocycles. The van der Waals surface area contributed by atoms with E-state index >= 15 is 0 Å². The normalized spacial score (nSPS) is 23.0. The molecular formula is C19H19NO2. The van der Waals surface area contributed by atoms with Crippen LogP contribution in [-0.2, 0) is 11.2 Å². The number of rotatable bonds is 2. The van der Waals surface area contributed by atoms with E-state index in [9.17, 15) is 9.90 Å². The monoisotopic (exact) mass is 293 g/mol. The van der Waals surface area contributed by atoms with Crippen LogP contribution in [0.3, 0.4) is 0 Å². The fourth-order valence-corrected chi connectivity index (χ4v) is 3.52. The Bertz CT molecular complexity index is 708. The highest BCUT2D eigenvalue weighted by atomic mass is 16.3. The van der Waals surface area contributed by atoms with Gasteiger partial charge in [-0.2, -0.15) is 0 Å². The van der Waals surface area contributed by atoms with E-state index in [4.69, 9.17) is 0 Å². The Balaban J connectivity index is 1.53. The van der Waals surface area contributed by atoms with Crippen molar-refractivity contribution in [3.8, 4) is 5.75 Å². The van der Waals surface area contributed by atoms with E-state index in [2.05, 4.69) is 12.1 Å². The van der Waals surface area contributed by atoms with Gasteiger partial charge in [0.1, 0.15) is 5.75 Å². The number of aromatic hydroxyl groups is 1. The molecule has 2 unspecified atom stereocenters. The lowest BCUT2D eigenvalue weighted by atomic mass is 10.0. The van der Waals surface area contributed by atoms with Gasteiger partial charge in [0.15, 0.2) is 0 Å². The smallest absolute Gasteiger partial charge is 0.230 e. The Hall–Kier alpha value is -2.29. The molecule has 0 aromatic heterocycles. The molecule has 1 aliphatic carbocycles. The molecule has 2 aliphatic rings.